The molecule has 1 heterocycles. The van der Waals surface area contributed by atoms with Crippen LogP contribution in [0.15, 0.2) is 54.6 Å². The van der Waals surface area contributed by atoms with Crippen LogP contribution >= 0.6 is 0 Å². The zero-order valence-corrected chi connectivity index (χ0v) is 16.5. The number of nitrogens with zero attached hydrogens (tertiary/aromatic N) is 2. The van der Waals surface area contributed by atoms with Crippen LogP contribution in [0.1, 0.15) is 37.8 Å². The number of methoxy groups -OCH3 is 1. The highest BCUT2D eigenvalue weighted by molar-refractivity contribution is 6.03. The van der Waals surface area contributed by atoms with E-state index in [0.29, 0.717) is 29.4 Å². The highest BCUT2D eigenvalue weighted by Crippen LogP contribution is 2.15. The molecular formula is C22H22N4O3. The van der Waals surface area contributed by atoms with Gasteiger partial charge in [-0.05, 0) is 49.2 Å². The average Bonchev–Trinajstić information content (AvgIpc) is 2.72. The Balaban J connectivity index is 1.70. The van der Waals surface area contributed by atoms with E-state index in [1.54, 1.807) is 37.3 Å². The van der Waals surface area contributed by atoms with E-state index < -0.39 is 5.97 Å². The highest BCUT2D eigenvalue weighted by atomic mass is 16.5. The van der Waals surface area contributed by atoms with E-state index in [4.69, 9.17) is 0 Å². The fourth-order valence-electron chi connectivity index (χ4n) is 2.77. The number of carbonyl (C=O) groups excluding carboxylic acids is 2. The Morgan fingerprint density at radius 1 is 1.00 bits per heavy atom. The molecule has 7 heteroatoms. The highest BCUT2D eigenvalue weighted by Gasteiger charge is 2.12. The first-order valence-electron chi connectivity index (χ1n) is 9.10. The number of carbonyl (C=O) groups is 2. The molecule has 0 saturated heterocycles. The van der Waals surface area contributed by atoms with Crippen molar-refractivity contribution in [2.75, 3.05) is 17.7 Å². The molecule has 0 atom stereocenters. The second kappa shape index (κ2) is 8.97. The Morgan fingerprint density at radius 2 is 1.72 bits per heavy atom. The van der Waals surface area contributed by atoms with Crippen molar-refractivity contribution in [1.82, 2.24) is 9.97 Å². The van der Waals surface area contributed by atoms with Gasteiger partial charge in [0.2, 0.25) is 0 Å². The molecule has 3 aromatic rings. The maximum Gasteiger partial charge on any atom is 0.337 e. The lowest BCUT2D eigenvalue weighted by Crippen LogP contribution is -2.16. The van der Waals surface area contributed by atoms with Crippen molar-refractivity contribution in [2.45, 2.75) is 20.4 Å². The first-order chi connectivity index (χ1) is 14.0. The minimum Gasteiger partial charge on any atom is -0.465 e. The number of nitrogens with one attached hydrogen (secondary N) is 2. The third-order valence-electron chi connectivity index (χ3n) is 4.36. The molecule has 0 unspecified atom stereocenters. The molecule has 0 radical (unpaired) electrons. The van der Waals surface area contributed by atoms with Crippen molar-refractivity contribution in [1.29, 1.82) is 0 Å². The van der Waals surface area contributed by atoms with Crippen molar-refractivity contribution in [3.63, 3.8) is 0 Å². The van der Waals surface area contributed by atoms with Gasteiger partial charge >= 0.3 is 5.97 Å². The van der Waals surface area contributed by atoms with Crippen molar-refractivity contribution >= 4 is 23.4 Å². The Bertz CT molecular complexity index is 1030. The third kappa shape index (κ3) is 5.16. The lowest BCUT2D eigenvalue weighted by molar-refractivity contribution is 0.0600. The summed E-state index contributed by atoms with van der Waals surface area (Å²) >= 11 is 0. The molecule has 0 aliphatic rings. The van der Waals surface area contributed by atoms with E-state index in [1.807, 2.05) is 31.2 Å². The van der Waals surface area contributed by atoms with Gasteiger partial charge in [0, 0.05) is 18.3 Å². The van der Waals surface area contributed by atoms with Gasteiger partial charge in [-0.15, -0.1) is 0 Å². The predicted molar refractivity (Wildman–Crippen MR) is 111 cm³/mol. The first kappa shape index (κ1) is 20.0. The molecule has 2 N–H and O–H groups in total. The number of aryl methyl sites for hydroxylation is 2. The summed E-state index contributed by atoms with van der Waals surface area (Å²) in [5, 5.41) is 6.02. The number of amides is 1. The zero-order chi connectivity index (χ0) is 20.8. The standard InChI is InChI=1S/C22H22N4O3/c1-14-6-4-5-7-17(14)13-23-20-12-19(24-15(2)25-20)21(27)26-18-10-8-16(9-11-18)22(28)29-3/h4-12H,13H2,1-3H3,(H,26,27)(H,23,24,25). The van der Waals surface area contributed by atoms with Crippen LogP contribution in [0.5, 0.6) is 0 Å². The molecule has 0 bridgehead atoms. The summed E-state index contributed by atoms with van der Waals surface area (Å²) in [6.07, 6.45) is 0. The van der Waals surface area contributed by atoms with Gasteiger partial charge in [0.05, 0.1) is 12.7 Å². The molecule has 0 aliphatic carbocycles. The van der Waals surface area contributed by atoms with E-state index >= 15 is 0 Å². The molecule has 3 rings (SSSR count). The Hall–Kier alpha value is -3.74. The van der Waals surface area contributed by atoms with E-state index in [-0.39, 0.29) is 11.6 Å². The molecule has 29 heavy (non-hydrogen) atoms. The van der Waals surface area contributed by atoms with Gasteiger partial charge in [-0.2, -0.15) is 0 Å². The summed E-state index contributed by atoms with van der Waals surface area (Å²) in [7, 11) is 1.32. The van der Waals surface area contributed by atoms with Gasteiger partial charge in [-0.3, -0.25) is 4.79 Å². The number of anilines is 2. The number of ether oxygens (including phenoxy) is 1. The van der Waals surface area contributed by atoms with Crippen LogP contribution in [0.4, 0.5) is 11.5 Å². The van der Waals surface area contributed by atoms with Crippen LogP contribution in [-0.2, 0) is 11.3 Å². The lowest BCUT2D eigenvalue weighted by Gasteiger charge is -2.11. The van der Waals surface area contributed by atoms with Crippen LogP contribution in [0.25, 0.3) is 0 Å². The number of esters is 1. The Kier molecular flexibility index (Phi) is 6.19. The maximum atomic E-state index is 12.6. The summed E-state index contributed by atoms with van der Waals surface area (Å²) < 4.78 is 4.66. The third-order valence-corrected chi connectivity index (χ3v) is 4.36. The summed E-state index contributed by atoms with van der Waals surface area (Å²) in [5.74, 6) is 0.275. The quantitative estimate of drug-likeness (QED) is 0.623. The molecule has 0 spiro atoms. The lowest BCUT2D eigenvalue weighted by atomic mass is 10.1. The van der Waals surface area contributed by atoms with E-state index in [1.165, 1.54) is 12.7 Å². The maximum absolute atomic E-state index is 12.6. The second-order valence-corrected chi connectivity index (χ2v) is 6.49. The van der Waals surface area contributed by atoms with Gasteiger partial charge in [-0.25, -0.2) is 14.8 Å². The smallest absolute Gasteiger partial charge is 0.337 e. The molecule has 1 amide bonds. The minimum absolute atomic E-state index is 0.252. The van der Waals surface area contributed by atoms with E-state index in [9.17, 15) is 9.59 Å². The number of aromatic nitrogens is 2. The molecule has 2 aromatic carbocycles. The van der Waals surface area contributed by atoms with Crippen molar-refractivity contribution in [3.05, 3.63) is 82.8 Å². The number of hydrogen-bond donors (Lipinski definition) is 2. The number of rotatable bonds is 6. The summed E-state index contributed by atoms with van der Waals surface area (Å²) in [6, 6.07) is 16.1. The molecule has 0 aliphatic heterocycles. The second-order valence-electron chi connectivity index (χ2n) is 6.49. The van der Waals surface area contributed by atoms with Gasteiger partial charge in [0.1, 0.15) is 17.3 Å². The fraction of sp³-hybridized carbons (Fsp3) is 0.182. The minimum atomic E-state index is -0.432. The van der Waals surface area contributed by atoms with Gasteiger partial charge in [-0.1, -0.05) is 24.3 Å². The van der Waals surface area contributed by atoms with Crippen molar-refractivity contribution in [2.24, 2.45) is 0 Å². The fourth-order valence-corrected chi connectivity index (χ4v) is 2.77. The van der Waals surface area contributed by atoms with Crippen LogP contribution in [-0.4, -0.2) is 29.0 Å². The summed E-state index contributed by atoms with van der Waals surface area (Å²) in [4.78, 5) is 32.7. The molecule has 0 fully saturated rings. The monoisotopic (exact) mass is 390 g/mol. The molecule has 1 aromatic heterocycles. The van der Waals surface area contributed by atoms with E-state index in [2.05, 4.69) is 25.3 Å². The number of hydrogen-bond acceptors (Lipinski definition) is 6. The van der Waals surface area contributed by atoms with Gasteiger partial charge < -0.3 is 15.4 Å². The summed E-state index contributed by atoms with van der Waals surface area (Å²) in [6.45, 7) is 4.38. The van der Waals surface area contributed by atoms with Crippen LogP contribution < -0.4 is 10.6 Å². The van der Waals surface area contributed by atoms with Crippen LogP contribution in [0, 0.1) is 13.8 Å². The Labute approximate surface area is 169 Å². The molecule has 0 saturated carbocycles. The first-order valence-corrected chi connectivity index (χ1v) is 9.10. The van der Waals surface area contributed by atoms with Crippen LogP contribution in [0.3, 0.4) is 0 Å². The Morgan fingerprint density at radius 3 is 2.41 bits per heavy atom. The normalized spacial score (nSPS) is 10.3. The van der Waals surface area contributed by atoms with Crippen molar-refractivity contribution < 1.29 is 14.3 Å². The predicted octanol–water partition coefficient (Wildman–Crippen LogP) is 3.74. The number of benzene rings is 2. The van der Waals surface area contributed by atoms with Gasteiger partial charge in [0.25, 0.3) is 5.91 Å². The average molecular weight is 390 g/mol. The molecule has 7 nitrogen and oxygen atoms in total. The van der Waals surface area contributed by atoms with Crippen molar-refractivity contribution in [3.8, 4) is 0 Å². The van der Waals surface area contributed by atoms with Gasteiger partial charge in [0.15, 0.2) is 0 Å². The van der Waals surface area contributed by atoms with Crippen LogP contribution in [0.2, 0.25) is 0 Å². The van der Waals surface area contributed by atoms with E-state index in [0.717, 1.165) is 5.56 Å². The molecular weight excluding hydrogens is 368 g/mol. The SMILES string of the molecule is COC(=O)c1ccc(NC(=O)c2cc(NCc3ccccc3C)nc(C)n2)cc1. The zero-order valence-electron chi connectivity index (χ0n) is 16.5. The topological polar surface area (TPSA) is 93.2 Å². The molecule has 148 valence electrons. The summed E-state index contributed by atoms with van der Waals surface area (Å²) in [5.41, 5.74) is 3.54. The largest absolute Gasteiger partial charge is 0.465 e.